The lowest BCUT2D eigenvalue weighted by atomic mass is 10.3. The van der Waals surface area contributed by atoms with Crippen molar-refractivity contribution in [3.8, 4) is 0 Å². The Kier molecular flexibility index (Phi) is 4.23. The molecule has 0 saturated carbocycles. The summed E-state index contributed by atoms with van der Waals surface area (Å²) in [5.41, 5.74) is 0.212. The maximum atomic E-state index is 11.8. The van der Waals surface area contributed by atoms with Crippen molar-refractivity contribution in [2.24, 2.45) is 0 Å². The van der Waals surface area contributed by atoms with Crippen molar-refractivity contribution in [3.63, 3.8) is 0 Å². The van der Waals surface area contributed by atoms with Crippen molar-refractivity contribution in [1.82, 2.24) is 4.90 Å². The maximum absolute atomic E-state index is 11.8. The summed E-state index contributed by atoms with van der Waals surface area (Å²) in [5, 5.41) is 0. The summed E-state index contributed by atoms with van der Waals surface area (Å²) in [6.07, 6.45) is -1.71. The van der Waals surface area contributed by atoms with Crippen LogP contribution in [-0.4, -0.2) is 23.9 Å². The molecule has 0 radical (unpaired) electrons. The Morgan fingerprint density at radius 1 is 1.54 bits per heavy atom. The summed E-state index contributed by atoms with van der Waals surface area (Å²) >= 11 is 0. The molecule has 0 N–H and O–H groups in total. The quantitative estimate of drug-likeness (QED) is 0.503. The van der Waals surface area contributed by atoms with E-state index in [1.165, 1.54) is 6.92 Å². The largest absolute Gasteiger partial charge is 0.406 e. The first-order chi connectivity index (χ1) is 5.89. The third-order valence-electron chi connectivity index (χ3n) is 1.15. The third kappa shape index (κ3) is 5.95. The molecule has 0 aliphatic heterocycles. The van der Waals surface area contributed by atoms with Crippen LogP contribution in [0.2, 0.25) is 0 Å². The van der Waals surface area contributed by atoms with E-state index in [4.69, 9.17) is 0 Å². The van der Waals surface area contributed by atoms with Crippen LogP contribution in [0.5, 0.6) is 0 Å². The molecule has 0 aromatic heterocycles. The Morgan fingerprint density at radius 2 is 2.08 bits per heavy atom. The number of hydrogen-bond donors (Lipinski definition) is 0. The van der Waals surface area contributed by atoms with Crippen LogP contribution >= 0.6 is 0 Å². The second-order valence-electron chi connectivity index (χ2n) is 2.46. The number of halogens is 3. The van der Waals surface area contributed by atoms with Crippen LogP contribution < -0.4 is 0 Å². The molecule has 0 spiro atoms. The highest BCUT2D eigenvalue weighted by atomic mass is 19.4. The first-order valence-electron chi connectivity index (χ1n) is 3.47. The van der Waals surface area contributed by atoms with Crippen LogP contribution in [0.3, 0.4) is 0 Å². The molecule has 0 aliphatic carbocycles. The van der Waals surface area contributed by atoms with E-state index in [0.717, 1.165) is 17.3 Å². The molecular formula is C8H10F3NO. The monoisotopic (exact) mass is 193 g/mol. The van der Waals surface area contributed by atoms with Gasteiger partial charge < -0.3 is 4.90 Å². The molecule has 0 aliphatic rings. The summed E-state index contributed by atoms with van der Waals surface area (Å²) in [4.78, 5) is 10.9. The van der Waals surface area contributed by atoms with E-state index >= 15 is 0 Å². The van der Waals surface area contributed by atoms with Gasteiger partial charge in [0.15, 0.2) is 0 Å². The van der Waals surface area contributed by atoms with Crippen LogP contribution in [0.15, 0.2) is 24.6 Å². The molecule has 74 valence electrons. The third-order valence-corrected chi connectivity index (χ3v) is 1.15. The molecule has 0 heterocycles. The lowest BCUT2D eigenvalue weighted by Gasteiger charge is -2.17. The first-order valence-corrected chi connectivity index (χ1v) is 3.47. The molecule has 5 heteroatoms. The van der Waals surface area contributed by atoms with Gasteiger partial charge >= 0.3 is 6.18 Å². The molecule has 0 atom stereocenters. The molecule has 0 aromatic rings. The highest BCUT2D eigenvalue weighted by molar-refractivity contribution is 5.71. The van der Waals surface area contributed by atoms with Gasteiger partial charge in [0.1, 0.15) is 12.8 Å². The average molecular weight is 193 g/mol. The van der Waals surface area contributed by atoms with Crippen molar-refractivity contribution >= 4 is 6.29 Å². The van der Waals surface area contributed by atoms with Crippen molar-refractivity contribution in [3.05, 3.63) is 24.6 Å². The van der Waals surface area contributed by atoms with E-state index in [0.29, 0.717) is 6.29 Å². The minimum absolute atomic E-state index is 0.212. The molecule has 13 heavy (non-hydrogen) atoms. The molecular weight excluding hydrogens is 183 g/mol. The number of carbonyl (C=O) groups is 1. The lowest BCUT2D eigenvalue weighted by molar-refractivity contribution is -0.136. The fourth-order valence-electron chi connectivity index (χ4n) is 0.662. The van der Waals surface area contributed by atoms with Gasteiger partial charge in [0, 0.05) is 11.8 Å². The van der Waals surface area contributed by atoms with Gasteiger partial charge in [0.25, 0.3) is 0 Å². The zero-order valence-corrected chi connectivity index (χ0v) is 7.14. The predicted octanol–water partition coefficient (Wildman–Crippen LogP) is 2.10. The molecule has 0 bridgehead atoms. The normalized spacial score (nSPS) is 12.5. The van der Waals surface area contributed by atoms with Crippen molar-refractivity contribution in [2.75, 3.05) is 6.54 Å². The zero-order chi connectivity index (χ0) is 10.5. The standard InChI is InChI=1S/C8H10F3NO/c1-3-12(4-7(2)5-13)6-8(9,10)11/h3-5H,1,6H2,2H3/b7-4+. The fourth-order valence-corrected chi connectivity index (χ4v) is 0.662. The second-order valence-corrected chi connectivity index (χ2v) is 2.46. The highest BCUT2D eigenvalue weighted by Crippen LogP contribution is 2.16. The minimum Gasteiger partial charge on any atom is -0.345 e. The molecule has 2 nitrogen and oxygen atoms in total. The predicted molar refractivity (Wildman–Crippen MR) is 42.8 cm³/mol. The number of aldehydes is 1. The van der Waals surface area contributed by atoms with Gasteiger partial charge in [0.2, 0.25) is 0 Å². The molecule has 0 rings (SSSR count). The smallest absolute Gasteiger partial charge is 0.345 e. The Balaban J connectivity index is 4.36. The zero-order valence-electron chi connectivity index (χ0n) is 7.14. The van der Waals surface area contributed by atoms with E-state index in [1.807, 2.05) is 0 Å². The van der Waals surface area contributed by atoms with Crippen LogP contribution in [0, 0.1) is 0 Å². The van der Waals surface area contributed by atoms with Gasteiger partial charge in [-0.3, -0.25) is 4.79 Å². The van der Waals surface area contributed by atoms with Crippen molar-refractivity contribution in [2.45, 2.75) is 13.1 Å². The van der Waals surface area contributed by atoms with E-state index in [9.17, 15) is 18.0 Å². The first kappa shape index (κ1) is 11.7. The van der Waals surface area contributed by atoms with Crippen molar-refractivity contribution in [1.29, 1.82) is 0 Å². The molecule has 0 aromatic carbocycles. The van der Waals surface area contributed by atoms with Crippen LogP contribution in [0.4, 0.5) is 13.2 Å². The second kappa shape index (κ2) is 4.69. The number of nitrogens with zero attached hydrogens (tertiary/aromatic N) is 1. The van der Waals surface area contributed by atoms with Gasteiger partial charge in [-0.2, -0.15) is 13.2 Å². The number of allylic oxidation sites excluding steroid dienone is 1. The fraction of sp³-hybridized carbons (Fsp3) is 0.375. The van der Waals surface area contributed by atoms with Crippen LogP contribution in [0.1, 0.15) is 6.92 Å². The Hall–Kier alpha value is -1.26. The van der Waals surface area contributed by atoms with E-state index in [-0.39, 0.29) is 5.57 Å². The lowest BCUT2D eigenvalue weighted by Crippen LogP contribution is -2.26. The van der Waals surface area contributed by atoms with Gasteiger partial charge in [-0.25, -0.2) is 0 Å². The Morgan fingerprint density at radius 3 is 2.38 bits per heavy atom. The van der Waals surface area contributed by atoms with E-state index in [1.54, 1.807) is 0 Å². The molecule has 0 fully saturated rings. The number of carbonyl (C=O) groups excluding carboxylic acids is 1. The topological polar surface area (TPSA) is 20.3 Å². The average Bonchev–Trinajstić information content (AvgIpc) is 2.00. The van der Waals surface area contributed by atoms with Gasteiger partial charge in [-0.15, -0.1) is 0 Å². The van der Waals surface area contributed by atoms with E-state index in [2.05, 4.69) is 6.58 Å². The number of alkyl halides is 3. The van der Waals surface area contributed by atoms with Crippen molar-refractivity contribution < 1.29 is 18.0 Å². The minimum atomic E-state index is -4.30. The Labute approximate surface area is 74.3 Å². The summed E-state index contributed by atoms with van der Waals surface area (Å²) in [5.74, 6) is 0. The van der Waals surface area contributed by atoms with Gasteiger partial charge in [-0.1, -0.05) is 6.58 Å². The van der Waals surface area contributed by atoms with Gasteiger partial charge in [0.05, 0.1) is 0 Å². The summed E-state index contributed by atoms with van der Waals surface area (Å²) in [6, 6.07) is 0. The highest BCUT2D eigenvalue weighted by Gasteiger charge is 2.28. The van der Waals surface area contributed by atoms with Gasteiger partial charge in [-0.05, 0) is 13.1 Å². The van der Waals surface area contributed by atoms with E-state index < -0.39 is 12.7 Å². The molecule has 0 unspecified atom stereocenters. The SMILES string of the molecule is C=CN(/C=C(\C)C=O)CC(F)(F)F. The summed E-state index contributed by atoms with van der Waals surface area (Å²) < 4.78 is 35.5. The summed E-state index contributed by atoms with van der Waals surface area (Å²) in [6.45, 7) is 3.48. The number of rotatable bonds is 4. The van der Waals surface area contributed by atoms with Crippen LogP contribution in [-0.2, 0) is 4.79 Å². The maximum Gasteiger partial charge on any atom is 0.406 e. The number of hydrogen-bond acceptors (Lipinski definition) is 2. The van der Waals surface area contributed by atoms with Crippen LogP contribution in [0.25, 0.3) is 0 Å². The Bertz CT molecular complexity index is 220. The molecule has 0 saturated heterocycles. The summed E-state index contributed by atoms with van der Waals surface area (Å²) in [7, 11) is 0. The molecule has 0 amide bonds.